The van der Waals surface area contributed by atoms with Crippen LogP contribution >= 0.6 is 0 Å². The van der Waals surface area contributed by atoms with Crippen molar-refractivity contribution >= 4 is 17.9 Å². The van der Waals surface area contributed by atoms with Gasteiger partial charge >= 0.3 is 17.9 Å². The Labute approximate surface area is 206 Å². The summed E-state index contributed by atoms with van der Waals surface area (Å²) in [5.41, 5.74) is 1.21. The van der Waals surface area contributed by atoms with Crippen molar-refractivity contribution in [3.63, 3.8) is 0 Å². The zero-order chi connectivity index (χ0) is 24.8. The van der Waals surface area contributed by atoms with Crippen LogP contribution < -0.4 is 0 Å². The van der Waals surface area contributed by atoms with Crippen LogP contribution in [0.4, 0.5) is 0 Å². The summed E-state index contributed by atoms with van der Waals surface area (Å²) in [5, 5.41) is 52.2. The van der Waals surface area contributed by atoms with E-state index in [9.17, 15) is 14.4 Å². The van der Waals surface area contributed by atoms with Gasteiger partial charge in [-0.05, 0) is 16.7 Å². The summed E-state index contributed by atoms with van der Waals surface area (Å²) in [6.45, 7) is 0. The SMILES string of the molecule is O=C(O)C(O)c1ccccc1.O=C(O)C(O)c1ccccc1.O=C(O)C(O)c1ccccc1.[Fe]. The van der Waals surface area contributed by atoms with E-state index in [1.807, 2.05) is 0 Å². The molecule has 6 N–H and O–H groups in total. The summed E-state index contributed by atoms with van der Waals surface area (Å²) >= 11 is 0. The minimum absolute atomic E-state index is 0. The van der Waals surface area contributed by atoms with E-state index >= 15 is 0 Å². The molecule has 0 saturated heterocycles. The molecule has 182 valence electrons. The van der Waals surface area contributed by atoms with Gasteiger partial charge in [0.2, 0.25) is 0 Å². The van der Waals surface area contributed by atoms with Gasteiger partial charge in [0, 0.05) is 17.1 Å². The predicted octanol–water partition coefficient (Wildman–Crippen LogP) is 2.41. The van der Waals surface area contributed by atoms with Gasteiger partial charge in [0.1, 0.15) is 0 Å². The molecule has 0 bridgehead atoms. The topological polar surface area (TPSA) is 173 Å². The van der Waals surface area contributed by atoms with E-state index in [1.165, 1.54) is 0 Å². The normalized spacial score (nSPS) is 12.1. The Balaban J connectivity index is 0.000000473. The van der Waals surface area contributed by atoms with Gasteiger partial charge in [0.25, 0.3) is 0 Å². The Morgan fingerprint density at radius 3 is 0.765 bits per heavy atom. The number of hydrogen-bond acceptors (Lipinski definition) is 6. The Hall–Kier alpha value is -3.53. The van der Waals surface area contributed by atoms with Crippen molar-refractivity contribution in [3.8, 4) is 0 Å². The molecule has 0 fully saturated rings. The minimum atomic E-state index is -1.41. The van der Waals surface area contributed by atoms with Crippen molar-refractivity contribution in [2.75, 3.05) is 0 Å². The first-order valence-corrected chi connectivity index (χ1v) is 9.52. The molecule has 9 nitrogen and oxygen atoms in total. The number of carboxylic acid groups (broad SMARTS) is 3. The molecular formula is C24H24FeO9. The summed E-state index contributed by atoms with van der Waals surface area (Å²) in [6, 6.07) is 24.8. The van der Waals surface area contributed by atoms with E-state index in [1.54, 1.807) is 91.0 Å². The fraction of sp³-hybridized carbons (Fsp3) is 0.125. The Kier molecular flexibility index (Phi) is 14.5. The van der Waals surface area contributed by atoms with Crippen molar-refractivity contribution in [2.24, 2.45) is 0 Å². The Bertz CT molecular complexity index is 867. The second-order valence-electron chi connectivity index (χ2n) is 6.45. The fourth-order valence-corrected chi connectivity index (χ4v) is 2.33. The first kappa shape index (κ1) is 30.5. The first-order valence-electron chi connectivity index (χ1n) is 9.52. The molecule has 3 atom stereocenters. The van der Waals surface area contributed by atoms with Gasteiger partial charge in [0.15, 0.2) is 18.3 Å². The minimum Gasteiger partial charge on any atom is -0.479 e. The van der Waals surface area contributed by atoms with Crippen LogP contribution in [0.5, 0.6) is 0 Å². The summed E-state index contributed by atoms with van der Waals surface area (Å²) in [7, 11) is 0. The summed E-state index contributed by atoms with van der Waals surface area (Å²) in [5.74, 6) is -3.68. The monoisotopic (exact) mass is 512 g/mol. The largest absolute Gasteiger partial charge is 0.479 e. The average molecular weight is 512 g/mol. The number of aliphatic hydroxyl groups is 3. The molecule has 0 amide bonds. The van der Waals surface area contributed by atoms with Crippen molar-refractivity contribution in [1.82, 2.24) is 0 Å². The van der Waals surface area contributed by atoms with Crippen LogP contribution in [0.15, 0.2) is 91.0 Å². The summed E-state index contributed by atoms with van der Waals surface area (Å²) in [6.07, 6.45) is -4.22. The van der Waals surface area contributed by atoms with E-state index in [2.05, 4.69) is 0 Å². The van der Waals surface area contributed by atoms with Crippen LogP contribution in [0, 0.1) is 0 Å². The van der Waals surface area contributed by atoms with Gasteiger partial charge in [-0.2, -0.15) is 0 Å². The molecule has 3 aromatic rings. The third-order valence-corrected chi connectivity index (χ3v) is 4.05. The number of aliphatic hydroxyl groups excluding tert-OH is 3. The Morgan fingerprint density at radius 1 is 0.441 bits per heavy atom. The van der Waals surface area contributed by atoms with Crippen LogP contribution in [-0.2, 0) is 31.5 Å². The fourth-order valence-electron chi connectivity index (χ4n) is 2.33. The molecule has 0 aliphatic rings. The molecule has 34 heavy (non-hydrogen) atoms. The molecular weight excluding hydrogens is 488 g/mol. The predicted molar refractivity (Wildman–Crippen MR) is 117 cm³/mol. The standard InChI is InChI=1S/3C8H8O3.Fe/c3*9-7(8(10)11)6-4-2-1-3-5-6;/h3*1-5,7,9H,(H,10,11);. The summed E-state index contributed by atoms with van der Waals surface area (Å²) in [4.78, 5) is 30.7. The molecule has 0 spiro atoms. The van der Waals surface area contributed by atoms with E-state index < -0.39 is 36.2 Å². The number of aliphatic carboxylic acids is 3. The van der Waals surface area contributed by atoms with Gasteiger partial charge in [0.05, 0.1) is 0 Å². The van der Waals surface area contributed by atoms with E-state index in [-0.39, 0.29) is 17.1 Å². The maximum absolute atomic E-state index is 10.2. The number of carboxylic acids is 3. The van der Waals surface area contributed by atoms with E-state index in [0.29, 0.717) is 16.7 Å². The van der Waals surface area contributed by atoms with Crippen LogP contribution in [0.25, 0.3) is 0 Å². The molecule has 0 saturated carbocycles. The third kappa shape index (κ3) is 10.9. The van der Waals surface area contributed by atoms with Gasteiger partial charge in [-0.1, -0.05) is 91.0 Å². The number of hydrogen-bond donors (Lipinski definition) is 6. The average Bonchev–Trinajstić information content (AvgIpc) is 2.84. The smallest absolute Gasteiger partial charge is 0.337 e. The van der Waals surface area contributed by atoms with Gasteiger partial charge in [-0.3, -0.25) is 0 Å². The van der Waals surface area contributed by atoms with Crippen molar-refractivity contribution in [3.05, 3.63) is 108 Å². The molecule has 3 aromatic carbocycles. The van der Waals surface area contributed by atoms with Crippen molar-refractivity contribution in [1.29, 1.82) is 0 Å². The van der Waals surface area contributed by atoms with Crippen LogP contribution in [0.2, 0.25) is 0 Å². The van der Waals surface area contributed by atoms with Crippen molar-refractivity contribution in [2.45, 2.75) is 18.3 Å². The molecule has 0 aliphatic carbocycles. The number of carbonyl (C=O) groups is 3. The molecule has 3 rings (SSSR count). The molecule has 0 heterocycles. The second-order valence-corrected chi connectivity index (χ2v) is 6.45. The maximum Gasteiger partial charge on any atom is 0.337 e. The van der Waals surface area contributed by atoms with Crippen LogP contribution in [0.3, 0.4) is 0 Å². The van der Waals surface area contributed by atoms with Crippen molar-refractivity contribution < 1.29 is 62.1 Å². The number of rotatable bonds is 6. The quantitative estimate of drug-likeness (QED) is 0.271. The molecule has 0 aromatic heterocycles. The first-order chi connectivity index (χ1) is 15.6. The zero-order valence-electron chi connectivity index (χ0n) is 17.7. The second kappa shape index (κ2) is 16.1. The van der Waals surface area contributed by atoms with Crippen LogP contribution in [-0.4, -0.2) is 48.5 Å². The molecule has 10 heteroatoms. The van der Waals surface area contributed by atoms with E-state index in [4.69, 9.17) is 30.6 Å². The van der Waals surface area contributed by atoms with Gasteiger partial charge in [-0.15, -0.1) is 0 Å². The molecule has 0 aliphatic heterocycles. The van der Waals surface area contributed by atoms with Crippen LogP contribution in [0.1, 0.15) is 35.0 Å². The number of benzene rings is 3. The van der Waals surface area contributed by atoms with Gasteiger partial charge in [-0.25, -0.2) is 14.4 Å². The third-order valence-electron chi connectivity index (χ3n) is 4.05. The molecule has 0 radical (unpaired) electrons. The zero-order valence-corrected chi connectivity index (χ0v) is 18.8. The molecule has 3 unspecified atom stereocenters. The van der Waals surface area contributed by atoms with Gasteiger partial charge < -0.3 is 30.6 Å². The van der Waals surface area contributed by atoms with E-state index in [0.717, 1.165) is 0 Å². The Morgan fingerprint density at radius 2 is 0.618 bits per heavy atom. The summed E-state index contributed by atoms with van der Waals surface area (Å²) < 4.78 is 0. The maximum atomic E-state index is 10.2.